The summed E-state index contributed by atoms with van der Waals surface area (Å²) in [6.07, 6.45) is 0. The van der Waals surface area contributed by atoms with E-state index in [1.807, 2.05) is 19.9 Å². The summed E-state index contributed by atoms with van der Waals surface area (Å²) in [5, 5.41) is 2.93. The van der Waals surface area contributed by atoms with Gasteiger partial charge in [-0.15, -0.1) is 0 Å². The average Bonchev–Trinajstić information content (AvgIpc) is 2.36. The Hall–Kier alpha value is -2.29. The number of nitrogens with one attached hydrogen (secondary N) is 1. The number of nitrogens with two attached hydrogens (primary N) is 1. The highest BCUT2D eigenvalue weighted by Gasteiger charge is 2.09. The standard InChI is InChI=1S/C16H18N2O/c1-10-7-12(3)15(8-11(10)2)18-16(19)13-5-4-6-14(17)9-13/h4-9H,17H2,1-3H3,(H,18,19). The second-order valence-electron chi connectivity index (χ2n) is 4.83. The van der Waals surface area contributed by atoms with Crippen LogP contribution in [-0.4, -0.2) is 5.91 Å². The summed E-state index contributed by atoms with van der Waals surface area (Å²) in [6.45, 7) is 6.08. The molecule has 98 valence electrons. The summed E-state index contributed by atoms with van der Waals surface area (Å²) in [5.74, 6) is -0.140. The molecular formula is C16H18N2O. The van der Waals surface area contributed by atoms with Gasteiger partial charge in [0.2, 0.25) is 0 Å². The predicted octanol–water partition coefficient (Wildman–Crippen LogP) is 3.45. The lowest BCUT2D eigenvalue weighted by molar-refractivity contribution is 0.102. The first-order chi connectivity index (χ1) is 8.97. The highest BCUT2D eigenvalue weighted by molar-refractivity contribution is 6.05. The van der Waals surface area contributed by atoms with E-state index in [4.69, 9.17) is 5.73 Å². The lowest BCUT2D eigenvalue weighted by atomic mass is 10.0. The molecule has 0 bridgehead atoms. The quantitative estimate of drug-likeness (QED) is 0.806. The summed E-state index contributed by atoms with van der Waals surface area (Å²) in [4.78, 5) is 12.1. The van der Waals surface area contributed by atoms with E-state index >= 15 is 0 Å². The molecule has 0 atom stereocenters. The summed E-state index contributed by atoms with van der Waals surface area (Å²) in [7, 11) is 0. The zero-order valence-corrected chi connectivity index (χ0v) is 11.4. The van der Waals surface area contributed by atoms with Crippen molar-refractivity contribution < 1.29 is 4.79 Å². The van der Waals surface area contributed by atoms with Gasteiger partial charge in [0.05, 0.1) is 0 Å². The van der Waals surface area contributed by atoms with Crippen LogP contribution in [-0.2, 0) is 0 Å². The van der Waals surface area contributed by atoms with Crippen LogP contribution in [0.4, 0.5) is 11.4 Å². The fourth-order valence-corrected chi connectivity index (χ4v) is 1.97. The molecule has 2 aromatic rings. The first-order valence-electron chi connectivity index (χ1n) is 6.22. The average molecular weight is 254 g/mol. The van der Waals surface area contributed by atoms with Gasteiger partial charge >= 0.3 is 0 Å². The van der Waals surface area contributed by atoms with Crippen LogP contribution in [0.2, 0.25) is 0 Å². The summed E-state index contributed by atoms with van der Waals surface area (Å²) >= 11 is 0. The van der Waals surface area contributed by atoms with Crippen molar-refractivity contribution in [1.29, 1.82) is 0 Å². The lowest BCUT2D eigenvalue weighted by Gasteiger charge is -2.11. The number of carbonyl (C=O) groups excluding carboxylic acids is 1. The van der Waals surface area contributed by atoms with E-state index < -0.39 is 0 Å². The zero-order chi connectivity index (χ0) is 14.0. The molecule has 0 saturated heterocycles. The molecule has 0 radical (unpaired) electrons. The van der Waals surface area contributed by atoms with Gasteiger partial charge < -0.3 is 11.1 Å². The first kappa shape index (κ1) is 13.1. The third kappa shape index (κ3) is 2.94. The number of carbonyl (C=O) groups is 1. The Bertz CT molecular complexity index is 633. The number of nitrogen functional groups attached to an aromatic ring is 1. The molecule has 19 heavy (non-hydrogen) atoms. The molecule has 0 fully saturated rings. The second kappa shape index (κ2) is 5.14. The molecule has 2 aromatic carbocycles. The van der Waals surface area contributed by atoms with Crippen LogP contribution in [0.15, 0.2) is 36.4 Å². The Morgan fingerprint density at radius 3 is 2.37 bits per heavy atom. The van der Waals surface area contributed by atoms with E-state index in [0.717, 1.165) is 16.8 Å². The molecule has 0 spiro atoms. The molecule has 0 saturated carbocycles. The van der Waals surface area contributed by atoms with Gasteiger partial charge in [0.25, 0.3) is 5.91 Å². The normalized spacial score (nSPS) is 10.3. The van der Waals surface area contributed by atoms with Gasteiger partial charge in [-0.3, -0.25) is 4.79 Å². The lowest BCUT2D eigenvalue weighted by Crippen LogP contribution is -2.13. The number of rotatable bonds is 2. The molecule has 0 aliphatic carbocycles. The van der Waals surface area contributed by atoms with Crippen molar-refractivity contribution in [2.24, 2.45) is 0 Å². The fourth-order valence-electron chi connectivity index (χ4n) is 1.97. The number of aryl methyl sites for hydroxylation is 3. The molecule has 0 aliphatic rings. The number of hydrogen-bond acceptors (Lipinski definition) is 2. The largest absolute Gasteiger partial charge is 0.399 e. The van der Waals surface area contributed by atoms with Crippen LogP contribution in [0.5, 0.6) is 0 Å². The minimum atomic E-state index is -0.140. The van der Waals surface area contributed by atoms with Crippen LogP contribution in [0.25, 0.3) is 0 Å². The van der Waals surface area contributed by atoms with Gasteiger partial charge in [0, 0.05) is 16.9 Å². The molecule has 1 amide bonds. The van der Waals surface area contributed by atoms with Crippen molar-refractivity contribution in [2.45, 2.75) is 20.8 Å². The summed E-state index contributed by atoms with van der Waals surface area (Å²) < 4.78 is 0. The Morgan fingerprint density at radius 1 is 1.00 bits per heavy atom. The smallest absolute Gasteiger partial charge is 0.255 e. The van der Waals surface area contributed by atoms with Crippen molar-refractivity contribution in [3.8, 4) is 0 Å². The summed E-state index contributed by atoms with van der Waals surface area (Å²) in [6, 6.07) is 11.0. The van der Waals surface area contributed by atoms with E-state index in [-0.39, 0.29) is 5.91 Å². The maximum absolute atomic E-state index is 12.1. The van der Waals surface area contributed by atoms with Crippen molar-refractivity contribution in [1.82, 2.24) is 0 Å². The molecule has 3 N–H and O–H groups in total. The minimum Gasteiger partial charge on any atom is -0.399 e. The third-order valence-corrected chi connectivity index (χ3v) is 3.24. The molecule has 0 heterocycles. The van der Waals surface area contributed by atoms with Crippen molar-refractivity contribution in [3.63, 3.8) is 0 Å². The van der Waals surface area contributed by atoms with Crippen LogP contribution in [0.3, 0.4) is 0 Å². The van der Waals surface area contributed by atoms with Gasteiger partial charge in [-0.2, -0.15) is 0 Å². The monoisotopic (exact) mass is 254 g/mol. The third-order valence-electron chi connectivity index (χ3n) is 3.24. The molecule has 0 unspecified atom stereocenters. The second-order valence-corrected chi connectivity index (χ2v) is 4.83. The van der Waals surface area contributed by atoms with Crippen LogP contribution in [0.1, 0.15) is 27.0 Å². The molecule has 0 aromatic heterocycles. The molecule has 3 heteroatoms. The summed E-state index contributed by atoms with van der Waals surface area (Å²) in [5.41, 5.74) is 11.1. The van der Waals surface area contributed by atoms with Gasteiger partial charge in [-0.25, -0.2) is 0 Å². The molecule has 2 rings (SSSR count). The van der Waals surface area contributed by atoms with Crippen LogP contribution >= 0.6 is 0 Å². The van der Waals surface area contributed by atoms with Gasteiger partial charge in [0.15, 0.2) is 0 Å². The number of hydrogen-bond donors (Lipinski definition) is 2. The molecule has 0 aliphatic heterocycles. The van der Waals surface area contributed by atoms with E-state index in [1.54, 1.807) is 24.3 Å². The minimum absolute atomic E-state index is 0.140. The number of benzene rings is 2. The molecule has 3 nitrogen and oxygen atoms in total. The first-order valence-corrected chi connectivity index (χ1v) is 6.22. The van der Waals surface area contributed by atoms with Crippen molar-refractivity contribution in [3.05, 3.63) is 58.7 Å². The topological polar surface area (TPSA) is 55.1 Å². The van der Waals surface area contributed by atoms with Gasteiger partial charge in [-0.1, -0.05) is 12.1 Å². The van der Waals surface area contributed by atoms with Crippen LogP contribution in [0, 0.1) is 20.8 Å². The van der Waals surface area contributed by atoms with Crippen molar-refractivity contribution in [2.75, 3.05) is 11.1 Å². The van der Waals surface area contributed by atoms with Gasteiger partial charge in [0.1, 0.15) is 0 Å². The van der Waals surface area contributed by atoms with E-state index in [0.29, 0.717) is 11.3 Å². The maximum atomic E-state index is 12.1. The molecular weight excluding hydrogens is 236 g/mol. The predicted molar refractivity (Wildman–Crippen MR) is 79.5 cm³/mol. The van der Waals surface area contributed by atoms with E-state index in [9.17, 15) is 4.79 Å². The highest BCUT2D eigenvalue weighted by Crippen LogP contribution is 2.21. The maximum Gasteiger partial charge on any atom is 0.255 e. The Labute approximate surface area is 113 Å². The number of amides is 1. The fraction of sp³-hybridized carbons (Fsp3) is 0.188. The Kier molecular flexibility index (Phi) is 3.56. The highest BCUT2D eigenvalue weighted by atomic mass is 16.1. The van der Waals surface area contributed by atoms with Gasteiger partial charge in [-0.05, 0) is 61.7 Å². The Morgan fingerprint density at radius 2 is 1.68 bits per heavy atom. The SMILES string of the molecule is Cc1cc(C)c(NC(=O)c2cccc(N)c2)cc1C. The number of anilines is 2. The van der Waals surface area contributed by atoms with Crippen LogP contribution < -0.4 is 11.1 Å². The Balaban J connectivity index is 2.27. The van der Waals surface area contributed by atoms with E-state index in [1.165, 1.54) is 5.56 Å². The van der Waals surface area contributed by atoms with E-state index in [2.05, 4.69) is 18.3 Å². The zero-order valence-electron chi connectivity index (χ0n) is 11.4. The van der Waals surface area contributed by atoms with Crippen molar-refractivity contribution >= 4 is 17.3 Å².